The average Bonchev–Trinajstić information content (AvgIpc) is 3.13. The first-order chi connectivity index (χ1) is 15.2. The van der Waals surface area contributed by atoms with E-state index in [1.807, 2.05) is 37.3 Å². The molecule has 166 valence electrons. The number of nitrogens with zero attached hydrogens (tertiary/aromatic N) is 3. The third kappa shape index (κ3) is 5.00. The van der Waals surface area contributed by atoms with Gasteiger partial charge < -0.3 is 4.74 Å². The largest absolute Gasteiger partial charge is 0.493 e. The average molecular weight is 469 g/mol. The fourth-order valence-electron chi connectivity index (χ4n) is 3.18. The number of benzene rings is 2. The molecule has 2 aromatic carbocycles. The topological polar surface area (TPSA) is 72.3 Å². The Morgan fingerprint density at radius 3 is 2.53 bits per heavy atom. The highest BCUT2D eigenvalue weighted by Gasteiger charge is 2.15. The SMILES string of the molecule is Cc1ccc(OCCSc2nc(-c3ccc(C(C)(C)C)cc3)nc3cc(=O)[nH]n23)cc1Cl. The van der Waals surface area contributed by atoms with Crippen LogP contribution < -0.4 is 10.3 Å². The van der Waals surface area contributed by atoms with Crippen LogP contribution in [0.4, 0.5) is 0 Å². The number of ether oxygens (including phenoxy) is 1. The molecule has 1 N–H and O–H groups in total. The van der Waals surface area contributed by atoms with Gasteiger partial charge in [0, 0.05) is 22.4 Å². The minimum Gasteiger partial charge on any atom is -0.493 e. The molecule has 0 fully saturated rings. The number of aromatic nitrogens is 4. The van der Waals surface area contributed by atoms with Crippen molar-refractivity contribution in [3.8, 4) is 17.1 Å². The molecule has 0 saturated carbocycles. The number of aryl methyl sites for hydroxylation is 1. The molecule has 0 radical (unpaired) electrons. The van der Waals surface area contributed by atoms with Gasteiger partial charge in [0.25, 0.3) is 5.56 Å². The predicted molar refractivity (Wildman–Crippen MR) is 130 cm³/mol. The van der Waals surface area contributed by atoms with Crippen LogP contribution in [0.1, 0.15) is 31.9 Å². The molecule has 2 aromatic heterocycles. The summed E-state index contributed by atoms with van der Waals surface area (Å²) in [6.45, 7) is 8.96. The molecule has 0 unspecified atom stereocenters. The molecule has 0 atom stereocenters. The van der Waals surface area contributed by atoms with E-state index in [2.05, 4.69) is 43.0 Å². The van der Waals surface area contributed by atoms with E-state index >= 15 is 0 Å². The van der Waals surface area contributed by atoms with Crippen molar-refractivity contribution in [3.05, 3.63) is 75.0 Å². The van der Waals surface area contributed by atoms with Gasteiger partial charge in [0.05, 0.1) is 6.61 Å². The summed E-state index contributed by atoms with van der Waals surface area (Å²) in [5.41, 5.74) is 3.54. The third-order valence-electron chi connectivity index (χ3n) is 5.06. The van der Waals surface area contributed by atoms with E-state index in [9.17, 15) is 4.79 Å². The summed E-state index contributed by atoms with van der Waals surface area (Å²) >= 11 is 7.65. The van der Waals surface area contributed by atoms with Crippen molar-refractivity contribution in [1.29, 1.82) is 0 Å². The van der Waals surface area contributed by atoms with Crippen molar-refractivity contribution >= 4 is 29.0 Å². The zero-order chi connectivity index (χ0) is 22.9. The van der Waals surface area contributed by atoms with Crippen molar-refractivity contribution in [2.75, 3.05) is 12.4 Å². The number of hydrogen-bond donors (Lipinski definition) is 1. The monoisotopic (exact) mass is 468 g/mol. The Balaban J connectivity index is 1.54. The predicted octanol–water partition coefficient (Wildman–Crippen LogP) is 5.52. The Morgan fingerprint density at radius 1 is 1.09 bits per heavy atom. The highest BCUT2D eigenvalue weighted by Crippen LogP contribution is 2.27. The van der Waals surface area contributed by atoms with E-state index in [0.29, 0.717) is 34.0 Å². The first-order valence-electron chi connectivity index (χ1n) is 10.3. The van der Waals surface area contributed by atoms with Crippen molar-refractivity contribution < 1.29 is 4.74 Å². The van der Waals surface area contributed by atoms with E-state index in [4.69, 9.17) is 21.3 Å². The summed E-state index contributed by atoms with van der Waals surface area (Å²) < 4.78 is 7.42. The van der Waals surface area contributed by atoms with Crippen molar-refractivity contribution in [3.63, 3.8) is 0 Å². The molecular weight excluding hydrogens is 444 g/mol. The van der Waals surface area contributed by atoms with E-state index in [0.717, 1.165) is 16.9 Å². The Morgan fingerprint density at radius 2 is 1.84 bits per heavy atom. The maximum atomic E-state index is 11.9. The molecule has 0 aliphatic carbocycles. The maximum absolute atomic E-state index is 11.9. The zero-order valence-electron chi connectivity index (χ0n) is 18.5. The lowest BCUT2D eigenvalue weighted by Crippen LogP contribution is -2.10. The molecule has 0 aliphatic rings. The molecule has 0 aliphatic heterocycles. The number of fused-ring (bicyclic) bond motifs is 1. The molecule has 32 heavy (non-hydrogen) atoms. The molecule has 8 heteroatoms. The molecule has 4 aromatic rings. The molecular formula is C24H25ClN4O2S. The van der Waals surface area contributed by atoms with Crippen molar-refractivity contribution in [1.82, 2.24) is 19.6 Å². The summed E-state index contributed by atoms with van der Waals surface area (Å²) in [6, 6.07) is 15.4. The van der Waals surface area contributed by atoms with E-state index in [-0.39, 0.29) is 11.0 Å². The van der Waals surface area contributed by atoms with Gasteiger partial charge >= 0.3 is 0 Å². The standard InChI is InChI=1S/C24H25ClN4O2S/c1-15-5-10-18(13-19(15)25)31-11-12-32-23-27-22(26-20-14-21(30)28-29(20)23)16-6-8-17(9-7-16)24(2,3)4/h5-10,13-14H,11-12H2,1-4H3,(H,28,30). The summed E-state index contributed by atoms with van der Waals surface area (Å²) in [4.78, 5) is 21.2. The molecule has 0 bridgehead atoms. The second-order valence-electron chi connectivity index (χ2n) is 8.58. The highest BCUT2D eigenvalue weighted by atomic mass is 35.5. The summed E-state index contributed by atoms with van der Waals surface area (Å²) in [6.07, 6.45) is 0. The Kier molecular flexibility index (Phi) is 6.31. The Hall–Kier alpha value is -2.77. The van der Waals surface area contributed by atoms with Crippen LogP contribution >= 0.6 is 23.4 Å². The normalized spacial score (nSPS) is 11.8. The van der Waals surface area contributed by atoms with Crippen LogP contribution in [-0.2, 0) is 5.41 Å². The maximum Gasteiger partial charge on any atom is 0.266 e. The second-order valence-corrected chi connectivity index (χ2v) is 10.0. The van der Waals surface area contributed by atoms with Crippen LogP contribution in [0.2, 0.25) is 5.02 Å². The van der Waals surface area contributed by atoms with Crippen LogP contribution in [-0.4, -0.2) is 31.9 Å². The Bertz CT molecular complexity index is 1310. The molecule has 0 spiro atoms. The van der Waals surface area contributed by atoms with Gasteiger partial charge in [-0.1, -0.05) is 74.5 Å². The molecule has 0 amide bonds. The van der Waals surface area contributed by atoms with Gasteiger partial charge in [-0.2, -0.15) is 0 Å². The fraction of sp³-hybridized carbons (Fsp3) is 0.292. The number of rotatable bonds is 6. The van der Waals surface area contributed by atoms with Gasteiger partial charge in [0.15, 0.2) is 16.6 Å². The first-order valence-corrected chi connectivity index (χ1v) is 11.7. The highest BCUT2D eigenvalue weighted by molar-refractivity contribution is 7.99. The van der Waals surface area contributed by atoms with Crippen molar-refractivity contribution in [2.45, 2.75) is 38.3 Å². The summed E-state index contributed by atoms with van der Waals surface area (Å²) in [5, 5.41) is 4.09. The smallest absolute Gasteiger partial charge is 0.266 e. The lowest BCUT2D eigenvalue weighted by atomic mass is 9.87. The lowest BCUT2D eigenvalue weighted by Gasteiger charge is -2.19. The van der Waals surface area contributed by atoms with Gasteiger partial charge in [0.1, 0.15) is 5.75 Å². The van der Waals surface area contributed by atoms with Gasteiger partial charge in [-0.25, -0.2) is 14.5 Å². The molecule has 0 saturated heterocycles. The van der Waals surface area contributed by atoms with Gasteiger partial charge in [-0.3, -0.25) is 9.89 Å². The fourth-order valence-corrected chi connectivity index (χ4v) is 4.12. The number of nitrogens with one attached hydrogen (secondary N) is 1. The van der Waals surface area contributed by atoms with E-state index in [1.54, 1.807) is 4.52 Å². The number of thioether (sulfide) groups is 1. The van der Waals surface area contributed by atoms with Gasteiger partial charge in [-0.05, 0) is 35.6 Å². The van der Waals surface area contributed by atoms with E-state index < -0.39 is 0 Å². The second kappa shape index (κ2) is 9.00. The zero-order valence-corrected chi connectivity index (χ0v) is 20.0. The first kappa shape index (κ1) is 22.4. The third-order valence-corrected chi connectivity index (χ3v) is 6.37. The minimum absolute atomic E-state index is 0.0694. The summed E-state index contributed by atoms with van der Waals surface area (Å²) in [5.74, 6) is 1.95. The number of hydrogen-bond acceptors (Lipinski definition) is 5. The molecule has 4 rings (SSSR count). The number of halogens is 1. The van der Waals surface area contributed by atoms with Gasteiger partial charge in [0.2, 0.25) is 0 Å². The van der Waals surface area contributed by atoms with Crippen molar-refractivity contribution in [2.24, 2.45) is 0 Å². The quantitative estimate of drug-likeness (QED) is 0.298. The van der Waals surface area contributed by atoms with Crippen LogP contribution in [0.5, 0.6) is 5.75 Å². The lowest BCUT2D eigenvalue weighted by molar-refractivity contribution is 0.344. The molecule has 2 heterocycles. The van der Waals surface area contributed by atoms with Gasteiger partial charge in [-0.15, -0.1) is 0 Å². The minimum atomic E-state index is -0.216. The Labute approximate surface area is 196 Å². The van der Waals surface area contributed by atoms with Crippen LogP contribution in [0.15, 0.2) is 58.5 Å². The van der Waals surface area contributed by atoms with E-state index in [1.165, 1.54) is 23.4 Å². The number of aromatic amines is 1. The van der Waals surface area contributed by atoms with Crippen LogP contribution in [0.25, 0.3) is 17.0 Å². The molecule has 6 nitrogen and oxygen atoms in total. The summed E-state index contributed by atoms with van der Waals surface area (Å²) in [7, 11) is 0. The van der Waals surface area contributed by atoms with Crippen LogP contribution in [0, 0.1) is 6.92 Å². The number of H-pyrrole nitrogens is 1. The van der Waals surface area contributed by atoms with Crippen LogP contribution in [0.3, 0.4) is 0 Å².